The molecule has 462 valence electrons. The van der Waals surface area contributed by atoms with Gasteiger partial charge >= 0.3 is 11.9 Å². The number of carbonyl (C=O) groups excluding carboxylic acids is 5. The number of methoxy groups -OCH3 is 3. The summed E-state index contributed by atoms with van der Waals surface area (Å²) >= 11 is 9.76. The molecule has 2 N–H and O–H groups in total. The van der Waals surface area contributed by atoms with E-state index < -0.39 is 46.4 Å². The number of thioether (sulfide) groups is 1. The van der Waals surface area contributed by atoms with E-state index in [1.165, 1.54) is 41.8 Å². The van der Waals surface area contributed by atoms with Crippen molar-refractivity contribution >= 4 is 75.8 Å². The number of nitrogens with zero attached hydrogens (tertiary/aromatic N) is 5. The first-order valence-electron chi connectivity index (χ1n) is 28.7. The van der Waals surface area contributed by atoms with E-state index in [1.807, 2.05) is 67.6 Å². The number of piperidine rings is 3. The lowest BCUT2D eigenvalue weighted by Gasteiger charge is -2.57. The topological polar surface area (TPSA) is 224 Å². The van der Waals surface area contributed by atoms with Crippen LogP contribution in [0.2, 0.25) is 5.02 Å². The lowest BCUT2D eigenvalue weighted by Crippen LogP contribution is -2.72. The largest absolute Gasteiger partial charge is 0.497 e. The lowest BCUT2D eigenvalue weighted by atomic mass is 9.70. The number of aryl methyl sites for hydroxylation is 1. The number of benzene rings is 4. The van der Waals surface area contributed by atoms with Crippen molar-refractivity contribution in [3.8, 4) is 28.7 Å². The number of hydrogen-bond donors (Lipinski definition) is 2. The SMILES string of the molecule is C/N=C(\C(=O)NCC12CC[N+](CC3=C(C(=O)OCc4ccc(OC)cc4)N4C(=O)[C@@H](NC(=O)/C(=N\OC(C)(C)C(=O)OC(C)(C)C)c5csc(C)n5)[C@H]4S[C@H]3C)(CC1)CC2)c1cc(Cl)c(OCc2ccc(OC)cc2)c(OCc2ccc(OC)cc2)c1. The molecule has 10 rings (SSSR count). The summed E-state index contributed by atoms with van der Waals surface area (Å²) < 4.78 is 40.9. The number of hydrogen-bond acceptors (Lipinski definition) is 18. The van der Waals surface area contributed by atoms with Gasteiger partial charge in [-0.05, 0) is 114 Å². The number of fused-ring (bicyclic) bond motifs is 4. The Hall–Kier alpha value is -7.66. The fourth-order valence-electron chi connectivity index (χ4n) is 10.9. The van der Waals surface area contributed by atoms with Crippen LogP contribution in [0.15, 0.2) is 112 Å². The summed E-state index contributed by atoms with van der Waals surface area (Å²) in [6.07, 6.45) is 2.40. The van der Waals surface area contributed by atoms with E-state index in [4.69, 9.17) is 49.6 Å². The maximum Gasteiger partial charge on any atom is 0.355 e. The van der Waals surface area contributed by atoms with Crippen LogP contribution >= 0.6 is 34.7 Å². The summed E-state index contributed by atoms with van der Waals surface area (Å²) in [5.41, 5.74) is 1.43. The van der Waals surface area contributed by atoms with E-state index in [2.05, 4.69) is 25.8 Å². The zero-order valence-electron chi connectivity index (χ0n) is 50.9. The minimum Gasteiger partial charge on any atom is -0.497 e. The number of aromatic nitrogens is 1. The van der Waals surface area contributed by atoms with Gasteiger partial charge in [-0.2, -0.15) is 0 Å². The molecule has 0 unspecified atom stereocenters. The van der Waals surface area contributed by atoms with Crippen LogP contribution in [0.4, 0.5) is 0 Å². The Bertz CT molecular complexity index is 3450. The molecule has 4 saturated heterocycles. The number of aliphatic imine (C=N–C) groups is 1. The van der Waals surface area contributed by atoms with Crippen molar-refractivity contribution in [3.63, 3.8) is 0 Å². The van der Waals surface area contributed by atoms with Gasteiger partial charge in [0.2, 0.25) is 5.60 Å². The number of carbonyl (C=O) groups is 5. The van der Waals surface area contributed by atoms with Crippen molar-refractivity contribution in [3.05, 3.63) is 140 Å². The first-order valence-corrected chi connectivity index (χ1v) is 30.9. The molecule has 5 aliphatic rings. The molecule has 1 aromatic heterocycles. The van der Waals surface area contributed by atoms with Crippen molar-refractivity contribution in [1.29, 1.82) is 0 Å². The van der Waals surface area contributed by atoms with Gasteiger partial charge in [-0.1, -0.05) is 53.2 Å². The molecule has 20 nitrogen and oxygen atoms in total. The molecule has 3 atom stereocenters. The lowest BCUT2D eigenvalue weighted by molar-refractivity contribution is -0.941. The number of amides is 3. The predicted molar refractivity (Wildman–Crippen MR) is 331 cm³/mol. The Balaban J connectivity index is 0.900. The molecule has 0 radical (unpaired) electrons. The van der Waals surface area contributed by atoms with Crippen LogP contribution in [0.1, 0.15) is 93.8 Å². The highest BCUT2D eigenvalue weighted by Crippen LogP contribution is 2.49. The standard InChI is InChI=1S/C64H74ClN7O13S2/c1-38-47(54(60(76)83-35-42-16-22-46(80-11)23-17-42)71-58(75)53(59(71)87-38)69-57(74)52(49-36-86-39(2)68-49)70-85-63(6,7)61(77)84-62(3,4)5)32-72-27-24-64(25-28-72,26-29-72)37-67-56(73)51(66-8)43-30-48(65)55(82-34-41-14-20-45(79-10)21-15-41)50(31-43)81-33-40-12-18-44(78-9)19-13-40/h12-23,30-31,36,38,53,59H,24-29,32-35,37H2,1-11H3,(H-,67,69,73,74)/p+1/b66-51-,70-52-/t38-,53+,59+,64?,72?/m0/s1. The summed E-state index contributed by atoms with van der Waals surface area (Å²) in [6.45, 7) is 15.5. The first kappa shape index (κ1) is 63.8. The van der Waals surface area contributed by atoms with Gasteiger partial charge in [0.15, 0.2) is 17.2 Å². The van der Waals surface area contributed by atoms with Crippen molar-refractivity contribution in [2.45, 2.75) is 115 Å². The van der Waals surface area contributed by atoms with E-state index in [-0.39, 0.29) is 64.2 Å². The second-order valence-electron chi connectivity index (χ2n) is 23.7. The summed E-state index contributed by atoms with van der Waals surface area (Å²) in [5, 5.41) is 11.8. The molecule has 3 amide bonds. The minimum absolute atomic E-state index is 0.0587. The number of β-lactam (4-membered cyclic amide) rings is 1. The van der Waals surface area contributed by atoms with Crippen molar-refractivity contribution in [2.75, 3.05) is 61.1 Å². The molecule has 5 aromatic rings. The average Bonchev–Trinajstić information content (AvgIpc) is 0.963. The normalized spacial score (nSPS) is 21.0. The molecular formula is C64H75ClN7O13S2+. The fraction of sp³-hybridized carbons (Fsp3) is 0.438. The molecule has 4 fully saturated rings. The molecule has 0 saturated carbocycles. The van der Waals surface area contributed by atoms with Gasteiger partial charge in [-0.3, -0.25) is 24.3 Å². The maximum absolute atomic E-state index is 14.7. The van der Waals surface area contributed by atoms with Crippen molar-refractivity contribution < 1.29 is 66.5 Å². The van der Waals surface area contributed by atoms with Crippen molar-refractivity contribution in [1.82, 2.24) is 20.5 Å². The second-order valence-corrected chi connectivity index (χ2v) is 26.6. The quantitative estimate of drug-likeness (QED) is 0.0193. The van der Waals surface area contributed by atoms with E-state index in [1.54, 1.807) is 85.7 Å². The molecule has 0 aliphatic carbocycles. The zero-order chi connectivity index (χ0) is 62.4. The fourth-order valence-corrected chi connectivity index (χ4v) is 13.2. The number of oxime groups is 1. The van der Waals surface area contributed by atoms with Crippen LogP contribution in [-0.4, -0.2) is 144 Å². The van der Waals surface area contributed by atoms with Gasteiger partial charge in [0.1, 0.15) is 77.7 Å². The number of rotatable bonds is 24. The highest BCUT2D eigenvalue weighted by molar-refractivity contribution is 8.00. The third kappa shape index (κ3) is 14.8. The van der Waals surface area contributed by atoms with Gasteiger partial charge in [0, 0.05) is 60.0 Å². The van der Waals surface area contributed by atoms with Crippen LogP contribution in [0.5, 0.6) is 28.7 Å². The highest BCUT2D eigenvalue weighted by atomic mass is 35.5. The van der Waals surface area contributed by atoms with Gasteiger partial charge in [-0.15, -0.1) is 23.1 Å². The van der Waals surface area contributed by atoms with E-state index in [0.717, 1.165) is 66.9 Å². The molecule has 0 spiro atoms. The summed E-state index contributed by atoms with van der Waals surface area (Å²) in [7, 11) is 6.36. The third-order valence-electron chi connectivity index (χ3n) is 16.1. The van der Waals surface area contributed by atoms with Gasteiger partial charge < -0.3 is 53.1 Å². The number of thiazole rings is 1. The Kier molecular flexibility index (Phi) is 19.6. The Labute approximate surface area is 520 Å². The number of esters is 2. The van der Waals surface area contributed by atoms with Gasteiger partial charge in [-0.25, -0.2) is 14.6 Å². The summed E-state index contributed by atoms with van der Waals surface area (Å²) in [5.74, 6) is -0.222. The monoisotopic (exact) mass is 1250 g/mol. The number of halogens is 1. The smallest absolute Gasteiger partial charge is 0.355 e. The van der Waals surface area contributed by atoms with Crippen LogP contribution in [0.3, 0.4) is 0 Å². The van der Waals surface area contributed by atoms with E-state index >= 15 is 0 Å². The van der Waals surface area contributed by atoms with Crippen LogP contribution < -0.4 is 34.3 Å². The molecule has 87 heavy (non-hydrogen) atoms. The zero-order valence-corrected chi connectivity index (χ0v) is 53.3. The summed E-state index contributed by atoms with van der Waals surface area (Å²) in [4.78, 5) is 87.1. The summed E-state index contributed by atoms with van der Waals surface area (Å²) in [6, 6.07) is 24.5. The van der Waals surface area contributed by atoms with Crippen molar-refractivity contribution in [2.24, 2.45) is 15.6 Å². The molecule has 23 heteroatoms. The molecule has 5 aliphatic heterocycles. The Morgan fingerprint density at radius 3 is 1.89 bits per heavy atom. The van der Waals surface area contributed by atoms with E-state index in [9.17, 15) is 24.0 Å². The molecule has 6 heterocycles. The van der Waals surface area contributed by atoms with Crippen LogP contribution in [0, 0.1) is 12.3 Å². The molecular weight excluding hydrogens is 1170 g/mol. The van der Waals surface area contributed by atoms with Crippen LogP contribution in [0.25, 0.3) is 0 Å². The second kappa shape index (κ2) is 26.8. The minimum atomic E-state index is -1.59. The predicted octanol–water partition coefficient (Wildman–Crippen LogP) is 9.15. The first-order chi connectivity index (χ1) is 41.5. The van der Waals surface area contributed by atoms with Crippen LogP contribution in [-0.2, 0) is 58.1 Å². The van der Waals surface area contributed by atoms with E-state index in [0.29, 0.717) is 51.1 Å². The Morgan fingerprint density at radius 1 is 0.793 bits per heavy atom. The molecule has 2 bridgehead atoms. The maximum atomic E-state index is 14.7. The number of nitrogens with one attached hydrogen (secondary N) is 2. The number of ether oxygens (including phenoxy) is 7. The Morgan fingerprint density at radius 2 is 1.36 bits per heavy atom. The van der Waals surface area contributed by atoms with Gasteiger partial charge in [0.05, 0.1) is 51.0 Å². The molecule has 4 aromatic carbocycles. The highest BCUT2D eigenvalue weighted by Gasteiger charge is 2.58. The average molecular weight is 1250 g/mol. The third-order valence-corrected chi connectivity index (χ3v) is 18.6. The van der Waals surface area contributed by atoms with Gasteiger partial charge in [0.25, 0.3) is 17.7 Å². The number of quaternary nitrogens is 1.